The minimum atomic E-state index is 0.601. The van der Waals surface area contributed by atoms with Crippen LogP contribution in [0, 0.1) is 0 Å². The number of hydrogen-bond acceptors (Lipinski definition) is 2. The van der Waals surface area contributed by atoms with Gasteiger partial charge in [-0.25, -0.2) is 10.0 Å². The molecule has 2 aliphatic rings. The molecule has 68 valence electrons. The maximum atomic E-state index is 2.47. The first-order chi connectivity index (χ1) is 6.47. The first-order valence-corrected chi connectivity index (χ1v) is 5.05. The highest BCUT2D eigenvalue weighted by atomic mass is 15.9. The average molecular weight is 174 g/mol. The first kappa shape index (κ1) is 7.54. The van der Waals surface area contributed by atoms with Gasteiger partial charge in [0, 0.05) is 13.1 Å². The molecule has 13 heavy (non-hydrogen) atoms. The fourth-order valence-electron chi connectivity index (χ4n) is 2.26. The lowest BCUT2D eigenvalue weighted by Gasteiger charge is -2.09. The predicted molar refractivity (Wildman–Crippen MR) is 51.8 cm³/mol. The highest BCUT2D eigenvalue weighted by Gasteiger charge is 2.46. The Hall–Kier alpha value is -0.860. The molecule has 0 bridgehead atoms. The van der Waals surface area contributed by atoms with E-state index < -0.39 is 0 Å². The molecule has 3 rings (SSSR count). The van der Waals surface area contributed by atoms with Crippen LogP contribution in [0.3, 0.4) is 0 Å². The highest BCUT2D eigenvalue weighted by molar-refractivity contribution is 5.21. The molecular formula is C11H14N2. The summed E-state index contributed by atoms with van der Waals surface area (Å²) in [4.78, 5) is 0. The Kier molecular flexibility index (Phi) is 1.64. The molecule has 1 aromatic rings. The van der Waals surface area contributed by atoms with Crippen molar-refractivity contribution >= 4 is 0 Å². The predicted octanol–water partition coefficient (Wildman–Crippen LogP) is 2.01. The van der Waals surface area contributed by atoms with Crippen molar-refractivity contribution in [2.75, 3.05) is 13.1 Å². The monoisotopic (exact) mass is 174 g/mol. The maximum absolute atomic E-state index is 2.47. The van der Waals surface area contributed by atoms with E-state index in [1.54, 1.807) is 0 Å². The van der Waals surface area contributed by atoms with E-state index in [0.29, 0.717) is 6.17 Å². The minimum Gasteiger partial charge on any atom is -0.217 e. The fourth-order valence-corrected chi connectivity index (χ4v) is 2.26. The fraction of sp³-hybridized carbons (Fsp3) is 0.455. The second kappa shape index (κ2) is 2.82. The minimum absolute atomic E-state index is 0.601. The molecule has 2 aliphatic heterocycles. The molecule has 2 nitrogen and oxygen atoms in total. The molecule has 0 N–H and O–H groups in total. The van der Waals surface area contributed by atoms with Crippen molar-refractivity contribution in [3.8, 4) is 0 Å². The molecule has 2 fully saturated rings. The molecule has 0 amide bonds. The van der Waals surface area contributed by atoms with Gasteiger partial charge in [-0.2, -0.15) is 0 Å². The number of hydrazine groups is 1. The Morgan fingerprint density at radius 1 is 0.923 bits per heavy atom. The van der Waals surface area contributed by atoms with Crippen LogP contribution in [0.5, 0.6) is 0 Å². The zero-order chi connectivity index (χ0) is 8.67. The van der Waals surface area contributed by atoms with Crippen LogP contribution in [-0.2, 0) is 0 Å². The summed E-state index contributed by atoms with van der Waals surface area (Å²) in [6.45, 7) is 2.50. The zero-order valence-corrected chi connectivity index (χ0v) is 7.69. The Labute approximate surface area is 78.7 Å². The van der Waals surface area contributed by atoms with Gasteiger partial charge >= 0.3 is 0 Å². The smallest absolute Gasteiger partial charge is 0.115 e. The standard InChI is InChI=1S/C11H14N2/c1-2-6-10(7-3-1)11-12-8-4-5-9-13(11)12/h1-3,6-7,11H,4-5,8-9H2. The van der Waals surface area contributed by atoms with E-state index in [0.717, 1.165) is 0 Å². The van der Waals surface area contributed by atoms with Crippen LogP contribution in [0.25, 0.3) is 0 Å². The summed E-state index contributed by atoms with van der Waals surface area (Å²) in [5.74, 6) is 0. The summed E-state index contributed by atoms with van der Waals surface area (Å²) in [6.07, 6.45) is 3.32. The Balaban J connectivity index is 1.82. The van der Waals surface area contributed by atoms with Crippen molar-refractivity contribution in [2.45, 2.75) is 19.0 Å². The Bertz CT molecular complexity index is 284. The highest BCUT2D eigenvalue weighted by Crippen LogP contribution is 2.43. The Morgan fingerprint density at radius 3 is 2.15 bits per heavy atom. The third kappa shape index (κ3) is 1.18. The molecule has 0 aliphatic carbocycles. The lowest BCUT2D eigenvalue weighted by molar-refractivity contribution is 0.252. The third-order valence-electron chi connectivity index (χ3n) is 2.96. The summed E-state index contributed by atoms with van der Waals surface area (Å²) in [5.41, 5.74) is 1.45. The number of fused-ring (bicyclic) bond motifs is 1. The molecule has 0 spiro atoms. The third-order valence-corrected chi connectivity index (χ3v) is 2.96. The largest absolute Gasteiger partial charge is 0.217 e. The van der Waals surface area contributed by atoms with Crippen molar-refractivity contribution < 1.29 is 0 Å². The van der Waals surface area contributed by atoms with Gasteiger partial charge in [0.2, 0.25) is 0 Å². The number of rotatable bonds is 1. The van der Waals surface area contributed by atoms with Crippen molar-refractivity contribution in [3.05, 3.63) is 35.9 Å². The summed E-state index contributed by atoms with van der Waals surface area (Å²) >= 11 is 0. The molecule has 2 saturated heterocycles. The van der Waals surface area contributed by atoms with Crippen LogP contribution in [-0.4, -0.2) is 23.1 Å². The molecule has 2 heteroatoms. The number of nitrogens with zero attached hydrogens (tertiary/aromatic N) is 2. The van der Waals surface area contributed by atoms with E-state index in [1.807, 2.05) is 0 Å². The SMILES string of the molecule is c1ccc(C2N3CCCCN23)cc1. The van der Waals surface area contributed by atoms with Gasteiger partial charge in [-0.3, -0.25) is 0 Å². The molecule has 1 aromatic carbocycles. The van der Waals surface area contributed by atoms with Gasteiger partial charge in [0.05, 0.1) is 0 Å². The molecular weight excluding hydrogens is 160 g/mol. The van der Waals surface area contributed by atoms with Crippen LogP contribution in [0.1, 0.15) is 24.6 Å². The molecule has 0 aromatic heterocycles. The van der Waals surface area contributed by atoms with Gasteiger partial charge in [0.15, 0.2) is 0 Å². The van der Waals surface area contributed by atoms with E-state index >= 15 is 0 Å². The Morgan fingerprint density at radius 2 is 1.54 bits per heavy atom. The topological polar surface area (TPSA) is 6.02 Å². The molecule has 2 atom stereocenters. The normalized spacial score (nSPS) is 36.8. The number of hydrogen-bond donors (Lipinski definition) is 0. The summed E-state index contributed by atoms with van der Waals surface area (Å²) in [5, 5.41) is 4.94. The van der Waals surface area contributed by atoms with Gasteiger partial charge in [-0.05, 0) is 18.4 Å². The summed E-state index contributed by atoms with van der Waals surface area (Å²) in [6, 6.07) is 10.8. The van der Waals surface area contributed by atoms with E-state index in [1.165, 1.54) is 31.5 Å². The van der Waals surface area contributed by atoms with Gasteiger partial charge in [-0.15, -0.1) is 0 Å². The van der Waals surface area contributed by atoms with Crippen molar-refractivity contribution in [1.82, 2.24) is 10.0 Å². The molecule has 0 saturated carbocycles. The quantitative estimate of drug-likeness (QED) is 0.601. The van der Waals surface area contributed by atoms with E-state index in [2.05, 4.69) is 40.3 Å². The summed E-state index contributed by atoms with van der Waals surface area (Å²) in [7, 11) is 0. The molecule has 2 heterocycles. The van der Waals surface area contributed by atoms with Crippen molar-refractivity contribution in [3.63, 3.8) is 0 Å². The van der Waals surface area contributed by atoms with Crippen LogP contribution in [0.15, 0.2) is 30.3 Å². The first-order valence-electron chi connectivity index (χ1n) is 5.05. The second-order valence-electron chi connectivity index (χ2n) is 3.82. The van der Waals surface area contributed by atoms with Crippen molar-refractivity contribution in [1.29, 1.82) is 0 Å². The van der Waals surface area contributed by atoms with Crippen LogP contribution >= 0.6 is 0 Å². The van der Waals surface area contributed by atoms with Gasteiger partial charge in [0.25, 0.3) is 0 Å². The average Bonchev–Trinajstić information content (AvgIpc) is 2.93. The lowest BCUT2D eigenvalue weighted by atomic mass is 10.2. The van der Waals surface area contributed by atoms with Crippen LogP contribution < -0.4 is 0 Å². The van der Waals surface area contributed by atoms with Crippen LogP contribution in [0.2, 0.25) is 0 Å². The van der Waals surface area contributed by atoms with E-state index in [4.69, 9.17) is 0 Å². The van der Waals surface area contributed by atoms with Crippen LogP contribution in [0.4, 0.5) is 0 Å². The number of benzene rings is 1. The molecule has 2 unspecified atom stereocenters. The van der Waals surface area contributed by atoms with E-state index in [-0.39, 0.29) is 0 Å². The maximum Gasteiger partial charge on any atom is 0.115 e. The van der Waals surface area contributed by atoms with Gasteiger partial charge < -0.3 is 0 Å². The van der Waals surface area contributed by atoms with Crippen molar-refractivity contribution in [2.24, 2.45) is 0 Å². The summed E-state index contributed by atoms with van der Waals surface area (Å²) < 4.78 is 0. The zero-order valence-electron chi connectivity index (χ0n) is 7.69. The van der Waals surface area contributed by atoms with E-state index in [9.17, 15) is 0 Å². The van der Waals surface area contributed by atoms with Gasteiger partial charge in [-0.1, -0.05) is 30.3 Å². The molecule has 0 radical (unpaired) electrons. The second-order valence-corrected chi connectivity index (χ2v) is 3.82. The van der Waals surface area contributed by atoms with Gasteiger partial charge in [0.1, 0.15) is 6.17 Å². The lowest BCUT2D eigenvalue weighted by Crippen LogP contribution is -2.16.